The van der Waals surface area contributed by atoms with Gasteiger partial charge in [0.1, 0.15) is 0 Å². The third-order valence-electron chi connectivity index (χ3n) is 3.29. The molecule has 0 unspecified atom stereocenters. The quantitative estimate of drug-likeness (QED) is 0.700. The highest BCUT2D eigenvalue weighted by Gasteiger charge is 2.24. The zero-order valence-corrected chi connectivity index (χ0v) is 8.62. The number of nitrogens with zero attached hydrogens (tertiary/aromatic N) is 1. The highest BCUT2D eigenvalue weighted by atomic mass is 16.2. The van der Waals surface area contributed by atoms with Crippen LogP contribution in [0.3, 0.4) is 0 Å². The number of urea groups is 1. The van der Waals surface area contributed by atoms with E-state index in [1.54, 1.807) is 11.9 Å². The molecule has 3 nitrogen and oxygen atoms in total. The van der Waals surface area contributed by atoms with Gasteiger partial charge in [0, 0.05) is 13.1 Å². The first-order valence-electron chi connectivity index (χ1n) is 5.17. The van der Waals surface area contributed by atoms with Crippen LogP contribution in [-0.2, 0) is 0 Å². The number of nitrogens with two attached hydrogens (primary N) is 1. The summed E-state index contributed by atoms with van der Waals surface area (Å²) < 4.78 is 0. The van der Waals surface area contributed by atoms with Gasteiger partial charge in [0.25, 0.3) is 0 Å². The summed E-state index contributed by atoms with van der Waals surface area (Å²) in [6.07, 6.45) is 6.01. The van der Waals surface area contributed by atoms with Crippen LogP contribution in [0.25, 0.3) is 0 Å². The summed E-state index contributed by atoms with van der Waals surface area (Å²) in [7, 11) is 1.80. The van der Waals surface area contributed by atoms with Gasteiger partial charge >= 0.3 is 6.03 Å². The second-order valence-electron chi connectivity index (χ2n) is 4.03. The van der Waals surface area contributed by atoms with Crippen molar-refractivity contribution >= 4 is 6.03 Å². The molecule has 2 N–H and O–H groups in total. The summed E-state index contributed by atoms with van der Waals surface area (Å²) in [5.41, 5.74) is 5.22. The Morgan fingerprint density at radius 3 is 2.31 bits per heavy atom. The molecule has 0 radical (unpaired) electrons. The first-order valence-corrected chi connectivity index (χ1v) is 5.17. The van der Waals surface area contributed by atoms with Gasteiger partial charge in [0.05, 0.1) is 0 Å². The summed E-state index contributed by atoms with van der Waals surface area (Å²) in [6.45, 7) is 2.24. The maximum Gasteiger partial charge on any atom is 0.314 e. The summed E-state index contributed by atoms with van der Waals surface area (Å²) in [5, 5.41) is 0. The van der Waals surface area contributed by atoms with E-state index < -0.39 is 0 Å². The van der Waals surface area contributed by atoms with Gasteiger partial charge in [-0.1, -0.05) is 13.3 Å². The lowest BCUT2D eigenvalue weighted by molar-refractivity contribution is 0.167. The van der Waals surface area contributed by atoms with Crippen LogP contribution in [0.1, 0.15) is 39.0 Å². The van der Waals surface area contributed by atoms with Crippen LogP contribution < -0.4 is 5.73 Å². The third-order valence-corrected chi connectivity index (χ3v) is 3.29. The normalized spacial score (nSPS) is 28.5. The topological polar surface area (TPSA) is 46.3 Å². The van der Waals surface area contributed by atoms with E-state index in [2.05, 4.69) is 6.92 Å². The number of hydrogen-bond donors (Lipinski definition) is 1. The minimum atomic E-state index is -0.292. The largest absolute Gasteiger partial charge is 0.351 e. The highest BCUT2D eigenvalue weighted by Crippen LogP contribution is 2.28. The minimum absolute atomic E-state index is 0.292. The number of carbonyl (C=O) groups is 1. The summed E-state index contributed by atoms with van der Waals surface area (Å²) in [6, 6.07) is 0.0975. The standard InChI is InChI=1S/C10H20N2O/c1-3-8-4-6-9(7-5-8)12(2)10(11)13/h8-9H,3-7H2,1-2H3,(H2,11,13). The number of rotatable bonds is 2. The van der Waals surface area contributed by atoms with Crippen LogP contribution in [0.2, 0.25) is 0 Å². The molecule has 1 rings (SSSR count). The van der Waals surface area contributed by atoms with Crippen molar-refractivity contribution in [2.75, 3.05) is 7.05 Å². The molecule has 1 fully saturated rings. The maximum atomic E-state index is 10.9. The van der Waals surface area contributed by atoms with E-state index in [-0.39, 0.29) is 6.03 Å². The lowest BCUT2D eigenvalue weighted by Gasteiger charge is -2.33. The molecule has 1 aliphatic rings. The molecule has 1 saturated carbocycles. The first kappa shape index (κ1) is 10.4. The fourth-order valence-electron chi connectivity index (χ4n) is 2.12. The number of hydrogen-bond acceptors (Lipinski definition) is 1. The van der Waals surface area contributed by atoms with Crippen molar-refractivity contribution in [2.24, 2.45) is 11.7 Å². The molecule has 0 aromatic carbocycles. The highest BCUT2D eigenvalue weighted by molar-refractivity contribution is 5.71. The molecule has 0 saturated heterocycles. The van der Waals surface area contributed by atoms with Crippen molar-refractivity contribution in [3.8, 4) is 0 Å². The Morgan fingerprint density at radius 1 is 1.38 bits per heavy atom. The molecule has 1 aliphatic carbocycles. The molecule has 2 amide bonds. The fraction of sp³-hybridized carbons (Fsp3) is 0.900. The van der Waals surface area contributed by atoms with Crippen molar-refractivity contribution < 1.29 is 4.79 Å². The lowest BCUT2D eigenvalue weighted by Crippen LogP contribution is -2.42. The molecule has 13 heavy (non-hydrogen) atoms. The van der Waals surface area contributed by atoms with Crippen molar-refractivity contribution in [3.05, 3.63) is 0 Å². The average Bonchev–Trinajstić information content (AvgIpc) is 2.17. The Kier molecular flexibility index (Phi) is 3.58. The van der Waals surface area contributed by atoms with Crippen LogP contribution >= 0.6 is 0 Å². The van der Waals surface area contributed by atoms with Crippen molar-refractivity contribution in [1.82, 2.24) is 4.90 Å². The van der Waals surface area contributed by atoms with E-state index >= 15 is 0 Å². The van der Waals surface area contributed by atoms with Crippen molar-refractivity contribution in [2.45, 2.75) is 45.1 Å². The van der Waals surface area contributed by atoms with Gasteiger partial charge in [-0.3, -0.25) is 0 Å². The van der Waals surface area contributed by atoms with Crippen molar-refractivity contribution in [1.29, 1.82) is 0 Å². The van der Waals surface area contributed by atoms with Gasteiger partial charge < -0.3 is 10.6 Å². The molecular weight excluding hydrogens is 164 g/mol. The van der Waals surface area contributed by atoms with Gasteiger partial charge in [-0.2, -0.15) is 0 Å². The molecule has 0 aliphatic heterocycles. The van der Waals surface area contributed by atoms with Crippen LogP contribution in [0.5, 0.6) is 0 Å². The third kappa shape index (κ3) is 2.61. The Balaban J connectivity index is 2.36. The summed E-state index contributed by atoms with van der Waals surface area (Å²) in [5.74, 6) is 0.873. The molecular formula is C10H20N2O. The first-order chi connectivity index (χ1) is 6.15. The lowest BCUT2D eigenvalue weighted by atomic mass is 9.84. The van der Waals surface area contributed by atoms with E-state index in [0.29, 0.717) is 6.04 Å². The van der Waals surface area contributed by atoms with Crippen LogP contribution in [-0.4, -0.2) is 24.0 Å². The number of primary amides is 1. The molecule has 0 aromatic rings. The van der Waals surface area contributed by atoms with Crippen LogP contribution in [0, 0.1) is 5.92 Å². The number of amides is 2. The second-order valence-corrected chi connectivity index (χ2v) is 4.03. The second kappa shape index (κ2) is 4.49. The predicted molar refractivity (Wildman–Crippen MR) is 53.4 cm³/mol. The molecule has 0 bridgehead atoms. The SMILES string of the molecule is CCC1CCC(N(C)C(N)=O)CC1. The zero-order valence-electron chi connectivity index (χ0n) is 8.62. The Bertz CT molecular complexity index is 174. The Labute approximate surface area is 80.3 Å². The van der Waals surface area contributed by atoms with Gasteiger partial charge in [-0.15, -0.1) is 0 Å². The number of carbonyl (C=O) groups excluding carboxylic acids is 1. The smallest absolute Gasteiger partial charge is 0.314 e. The van der Waals surface area contributed by atoms with Gasteiger partial charge in [0.15, 0.2) is 0 Å². The molecule has 0 spiro atoms. The van der Waals surface area contributed by atoms with E-state index in [0.717, 1.165) is 18.8 Å². The molecule has 3 heteroatoms. The van der Waals surface area contributed by atoms with Gasteiger partial charge in [-0.05, 0) is 31.6 Å². The van der Waals surface area contributed by atoms with E-state index in [1.165, 1.54) is 19.3 Å². The summed E-state index contributed by atoms with van der Waals surface area (Å²) >= 11 is 0. The predicted octanol–water partition coefficient (Wildman–Crippen LogP) is 1.97. The molecule has 0 atom stereocenters. The van der Waals surface area contributed by atoms with Gasteiger partial charge in [-0.25, -0.2) is 4.79 Å². The van der Waals surface area contributed by atoms with Crippen molar-refractivity contribution in [3.63, 3.8) is 0 Å². The van der Waals surface area contributed by atoms with Gasteiger partial charge in [0.2, 0.25) is 0 Å². The van der Waals surface area contributed by atoms with E-state index in [1.807, 2.05) is 0 Å². The molecule has 0 heterocycles. The fourth-order valence-corrected chi connectivity index (χ4v) is 2.12. The van der Waals surface area contributed by atoms with Crippen LogP contribution in [0.15, 0.2) is 0 Å². The molecule has 0 aromatic heterocycles. The Morgan fingerprint density at radius 2 is 1.92 bits per heavy atom. The average molecular weight is 184 g/mol. The van der Waals surface area contributed by atoms with E-state index in [4.69, 9.17) is 5.73 Å². The maximum absolute atomic E-state index is 10.9. The monoisotopic (exact) mass is 184 g/mol. The molecule has 76 valence electrons. The Hall–Kier alpha value is -0.730. The minimum Gasteiger partial charge on any atom is -0.351 e. The zero-order chi connectivity index (χ0) is 9.84. The van der Waals surface area contributed by atoms with Crippen LogP contribution in [0.4, 0.5) is 4.79 Å². The summed E-state index contributed by atoms with van der Waals surface area (Å²) in [4.78, 5) is 12.6. The van der Waals surface area contributed by atoms with E-state index in [9.17, 15) is 4.79 Å².